The summed E-state index contributed by atoms with van der Waals surface area (Å²) < 4.78 is 0. The van der Waals surface area contributed by atoms with E-state index < -0.39 is 60.4 Å². The van der Waals surface area contributed by atoms with Crippen LogP contribution in [0.3, 0.4) is 0 Å². The van der Waals surface area contributed by atoms with Crippen molar-refractivity contribution < 1.29 is 49.8 Å². The summed E-state index contributed by atoms with van der Waals surface area (Å²) in [6.45, 7) is 3.12. The topological polar surface area (TPSA) is 216 Å². The van der Waals surface area contributed by atoms with Gasteiger partial charge in [0.05, 0.1) is 18.9 Å². The first-order valence-corrected chi connectivity index (χ1v) is 6.30. The van der Waals surface area contributed by atoms with E-state index in [0.29, 0.717) is 0 Å². The molecule has 11 nitrogen and oxygen atoms in total. The molecule has 2 unspecified atom stereocenters. The zero-order chi connectivity index (χ0) is 19.0. The standard InChI is InChI=1S/C6H13NO3.C6H8O7/c1-3(4(2)8)5(7)6(9)10;7-3(8)1-6(13,5(11)12)2-4(9)10/h3-5,8H,7H2,1-2H3,(H,9,10);13H,1-2H2,(H,7,8)(H,9,10)(H,11,12)/t3?,4?,5-;/m0./s1. The zero-order valence-electron chi connectivity index (χ0n) is 12.5. The SMILES string of the molecule is CC(O)C(C)[C@H](N)C(=O)O.O=C(O)CC(O)(CC(=O)O)C(=O)O. The van der Waals surface area contributed by atoms with Crippen LogP contribution < -0.4 is 5.73 Å². The minimum atomic E-state index is -2.74. The number of rotatable bonds is 8. The molecule has 0 saturated carbocycles. The van der Waals surface area contributed by atoms with Crippen molar-refractivity contribution in [2.24, 2.45) is 11.7 Å². The number of carboxylic acids is 4. The van der Waals surface area contributed by atoms with E-state index in [1.165, 1.54) is 6.92 Å². The third-order valence-corrected chi connectivity index (χ3v) is 2.90. The van der Waals surface area contributed by atoms with Crippen LogP contribution in [-0.4, -0.2) is 72.3 Å². The second-order valence-electron chi connectivity index (χ2n) is 4.94. The highest BCUT2D eigenvalue weighted by Crippen LogP contribution is 2.15. The molecule has 0 bridgehead atoms. The van der Waals surface area contributed by atoms with Gasteiger partial charge in [-0.05, 0) is 6.92 Å². The predicted octanol–water partition coefficient (Wildman–Crippen LogP) is -1.83. The van der Waals surface area contributed by atoms with E-state index >= 15 is 0 Å². The lowest BCUT2D eigenvalue weighted by Crippen LogP contribution is -2.42. The Bertz CT molecular complexity index is 431. The van der Waals surface area contributed by atoms with E-state index in [0.717, 1.165) is 0 Å². The summed E-state index contributed by atoms with van der Waals surface area (Å²) in [5, 5.41) is 51.1. The molecule has 134 valence electrons. The van der Waals surface area contributed by atoms with Gasteiger partial charge in [0.25, 0.3) is 0 Å². The van der Waals surface area contributed by atoms with Crippen LogP contribution in [-0.2, 0) is 19.2 Å². The predicted molar refractivity (Wildman–Crippen MR) is 73.5 cm³/mol. The van der Waals surface area contributed by atoms with Crippen LogP contribution in [0.25, 0.3) is 0 Å². The second kappa shape index (κ2) is 9.71. The van der Waals surface area contributed by atoms with E-state index in [2.05, 4.69) is 0 Å². The molecule has 0 rings (SSSR count). The maximum Gasteiger partial charge on any atom is 0.336 e. The molecule has 3 atom stereocenters. The maximum atomic E-state index is 10.3. The Morgan fingerprint density at radius 1 is 0.957 bits per heavy atom. The molecule has 0 heterocycles. The van der Waals surface area contributed by atoms with Gasteiger partial charge in [0.15, 0.2) is 5.60 Å². The average Bonchev–Trinajstić information content (AvgIpc) is 2.35. The van der Waals surface area contributed by atoms with Gasteiger partial charge in [-0.15, -0.1) is 0 Å². The fourth-order valence-electron chi connectivity index (χ4n) is 1.24. The highest BCUT2D eigenvalue weighted by molar-refractivity contribution is 5.88. The van der Waals surface area contributed by atoms with Crippen molar-refractivity contribution in [3.8, 4) is 0 Å². The van der Waals surface area contributed by atoms with Gasteiger partial charge in [-0.1, -0.05) is 6.92 Å². The lowest BCUT2D eigenvalue weighted by Gasteiger charge is -2.18. The molecule has 0 aromatic heterocycles. The van der Waals surface area contributed by atoms with Crippen molar-refractivity contribution >= 4 is 23.9 Å². The molecule has 0 amide bonds. The summed E-state index contributed by atoms with van der Waals surface area (Å²) in [4.78, 5) is 40.7. The van der Waals surface area contributed by atoms with Crippen LogP contribution in [0, 0.1) is 5.92 Å². The quantitative estimate of drug-likeness (QED) is 0.261. The number of carboxylic acid groups (broad SMARTS) is 4. The molecule has 23 heavy (non-hydrogen) atoms. The van der Waals surface area contributed by atoms with E-state index in [1.807, 2.05) is 0 Å². The maximum absolute atomic E-state index is 10.3. The van der Waals surface area contributed by atoms with Crippen molar-refractivity contribution in [3.05, 3.63) is 0 Å². The van der Waals surface area contributed by atoms with Gasteiger partial charge < -0.3 is 36.4 Å². The molecule has 0 saturated heterocycles. The summed E-state index contributed by atoms with van der Waals surface area (Å²) in [7, 11) is 0. The molecule has 0 spiro atoms. The first kappa shape index (κ1) is 23.0. The summed E-state index contributed by atoms with van der Waals surface area (Å²) in [5.74, 6) is -6.50. The first-order valence-electron chi connectivity index (χ1n) is 6.30. The summed E-state index contributed by atoms with van der Waals surface area (Å²) in [6.07, 6.45) is -2.96. The van der Waals surface area contributed by atoms with Gasteiger partial charge in [0.1, 0.15) is 6.04 Å². The number of aliphatic carboxylic acids is 4. The zero-order valence-corrected chi connectivity index (χ0v) is 12.5. The Labute approximate surface area is 131 Å². The van der Waals surface area contributed by atoms with Crippen LogP contribution >= 0.6 is 0 Å². The number of hydrogen-bond donors (Lipinski definition) is 7. The molecule has 0 aliphatic rings. The van der Waals surface area contributed by atoms with Crippen LogP contribution in [0.15, 0.2) is 0 Å². The van der Waals surface area contributed by atoms with Crippen molar-refractivity contribution in [2.45, 2.75) is 44.4 Å². The Morgan fingerprint density at radius 3 is 1.43 bits per heavy atom. The van der Waals surface area contributed by atoms with Crippen molar-refractivity contribution in [1.82, 2.24) is 0 Å². The molecule has 11 heteroatoms. The van der Waals surface area contributed by atoms with Crippen LogP contribution in [0.4, 0.5) is 0 Å². The smallest absolute Gasteiger partial charge is 0.336 e. The summed E-state index contributed by atoms with van der Waals surface area (Å²) >= 11 is 0. The molecule has 8 N–H and O–H groups in total. The normalized spacial score (nSPS) is 14.7. The minimum Gasteiger partial charge on any atom is -0.481 e. The van der Waals surface area contributed by atoms with Gasteiger partial charge in [-0.2, -0.15) is 0 Å². The van der Waals surface area contributed by atoms with E-state index in [-0.39, 0.29) is 0 Å². The number of carbonyl (C=O) groups is 4. The van der Waals surface area contributed by atoms with Gasteiger partial charge >= 0.3 is 23.9 Å². The Hall–Kier alpha value is -2.24. The Kier molecular flexibility index (Phi) is 9.72. The molecule has 0 fully saturated rings. The van der Waals surface area contributed by atoms with E-state index in [9.17, 15) is 19.2 Å². The lowest BCUT2D eigenvalue weighted by atomic mass is 9.96. The number of hydrogen-bond acceptors (Lipinski definition) is 7. The third-order valence-electron chi connectivity index (χ3n) is 2.90. The third kappa shape index (κ3) is 9.39. The van der Waals surface area contributed by atoms with E-state index in [1.54, 1.807) is 6.92 Å². The summed E-state index contributed by atoms with van der Waals surface area (Å²) in [6, 6.07) is -0.972. The number of aliphatic hydroxyl groups is 2. The van der Waals surface area contributed by atoms with Crippen LogP contribution in [0.5, 0.6) is 0 Å². The Balaban J connectivity index is 0. The molecule has 0 aliphatic carbocycles. The first-order chi connectivity index (χ1) is 10.2. The highest BCUT2D eigenvalue weighted by Gasteiger charge is 2.40. The van der Waals surface area contributed by atoms with Gasteiger partial charge in [-0.3, -0.25) is 14.4 Å². The fourth-order valence-corrected chi connectivity index (χ4v) is 1.24. The van der Waals surface area contributed by atoms with Crippen molar-refractivity contribution in [2.75, 3.05) is 0 Å². The lowest BCUT2D eigenvalue weighted by molar-refractivity contribution is -0.170. The van der Waals surface area contributed by atoms with Crippen LogP contribution in [0.2, 0.25) is 0 Å². The minimum absolute atomic E-state index is 0.405. The van der Waals surface area contributed by atoms with Crippen LogP contribution in [0.1, 0.15) is 26.7 Å². The molecule has 0 aromatic carbocycles. The number of aliphatic hydroxyl groups excluding tert-OH is 1. The largest absolute Gasteiger partial charge is 0.481 e. The molecule has 0 aliphatic heterocycles. The highest BCUT2D eigenvalue weighted by atomic mass is 16.4. The fraction of sp³-hybridized carbons (Fsp3) is 0.667. The van der Waals surface area contributed by atoms with Gasteiger partial charge in [0, 0.05) is 5.92 Å². The number of nitrogens with two attached hydrogens (primary N) is 1. The average molecular weight is 339 g/mol. The summed E-state index contributed by atoms with van der Waals surface area (Å²) in [5.41, 5.74) is 2.46. The monoisotopic (exact) mass is 339 g/mol. The molecular formula is C12H21NO10. The van der Waals surface area contributed by atoms with Crippen molar-refractivity contribution in [1.29, 1.82) is 0 Å². The van der Waals surface area contributed by atoms with E-state index in [4.69, 9.17) is 36.4 Å². The van der Waals surface area contributed by atoms with Gasteiger partial charge in [0.2, 0.25) is 0 Å². The van der Waals surface area contributed by atoms with Crippen molar-refractivity contribution in [3.63, 3.8) is 0 Å². The molecular weight excluding hydrogens is 318 g/mol. The second-order valence-corrected chi connectivity index (χ2v) is 4.94. The Morgan fingerprint density at radius 2 is 1.30 bits per heavy atom. The molecule has 0 aromatic rings. The molecule has 0 radical (unpaired) electrons. The van der Waals surface area contributed by atoms with Gasteiger partial charge in [-0.25, -0.2) is 4.79 Å².